The number of benzene rings is 15. The fraction of sp³-hybridized carbons (Fsp3) is 0.0431. The van der Waals surface area contributed by atoms with Crippen LogP contribution in [0.3, 0.4) is 0 Å². The van der Waals surface area contributed by atoms with Gasteiger partial charge in [0.05, 0.1) is 94.9 Å². The molecule has 4 N–H and O–H groups in total. The highest BCUT2D eigenvalue weighted by atomic mass is 32.2. The second-order valence-corrected chi connectivity index (χ2v) is 34.5. The number of carbonyl (C=O) groups is 1. The fourth-order valence-corrected chi connectivity index (χ4v) is 15.8. The lowest BCUT2D eigenvalue weighted by Crippen LogP contribution is -2.22. The van der Waals surface area contributed by atoms with Crippen molar-refractivity contribution in [2.24, 2.45) is 0 Å². The van der Waals surface area contributed by atoms with Gasteiger partial charge in [-0.3, -0.25) is 56.3 Å². The summed E-state index contributed by atoms with van der Waals surface area (Å²) >= 11 is 0. The largest absolute Gasteiger partial charge is 0.508 e. The summed E-state index contributed by atoms with van der Waals surface area (Å²) in [5.74, 6) is 1.83. The molecule has 0 saturated carbocycles. The first-order chi connectivity index (χ1) is 68.2. The predicted molar refractivity (Wildman–Crippen MR) is 561 cm³/mol. The molecule has 15 aromatic carbocycles. The topological polar surface area (TPSA) is 298 Å². The van der Waals surface area contributed by atoms with Crippen LogP contribution >= 0.6 is 0 Å². The second kappa shape index (κ2) is 43.4. The van der Waals surface area contributed by atoms with Gasteiger partial charge in [0.2, 0.25) is 10.0 Å². The first-order valence-corrected chi connectivity index (χ1v) is 46.4. The summed E-state index contributed by atoms with van der Waals surface area (Å²) in [7, 11) is -3.48. The number of fused-ring (bicyclic) bond motifs is 5. The zero-order valence-corrected chi connectivity index (χ0v) is 77.5. The number of hydrogen-bond donors (Lipinski definition) is 4. The van der Waals surface area contributed by atoms with Crippen LogP contribution in [0.1, 0.15) is 90.9 Å². The lowest BCUT2D eigenvalue weighted by Gasteiger charge is -2.13. The predicted octanol–water partition coefficient (Wildman–Crippen LogP) is 22.7. The third kappa shape index (κ3) is 23.7. The highest BCUT2D eigenvalue weighted by Gasteiger charge is 2.20. The highest BCUT2D eigenvalue weighted by Crippen LogP contribution is 2.28. The van der Waals surface area contributed by atoms with Crippen molar-refractivity contribution in [2.75, 3.05) is 11.0 Å². The van der Waals surface area contributed by atoms with Gasteiger partial charge in [0.25, 0.3) is 27.8 Å². The first-order valence-electron chi connectivity index (χ1n) is 44.5. The average Bonchev–Trinajstić information content (AvgIpc) is 0.789. The number of Topliss-reactive ketones (excluding diaryl/α,β-unsaturated/α-hetero) is 1. The van der Waals surface area contributed by atoms with Crippen molar-refractivity contribution >= 4 is 137 Å². The highest BCUT2D eigenvalue weighted by molar-refractivity contribution is 7.92. The maximum atomic E-state index is 13.3. The summed E-state index contributed by atoms with van der Waals surface area (Å²) in [6, 6.07) is 105. The van der Waals surface area contributed by atoms with E-state index in [0.717, 1.165) is 34.1 Å². The van der Waals surface area contributed by atoms with E-state index >= 15 is 0 Å². The average molecular weight is 1880 g/mol. The van der Waals surface area contributed by atoms with Crippen LogP contribution in [0.25, 0.3) is 144 Å². The Hall–Kier alpha value is -18.6. The summed E-state index contributed by atoms with van der Waals surface area (Å²) in [5.41, 5.74) is 13.7. The number of nitrogens with zero attached hydrogens (tertiary/aromatic N) is 10. The Balaban J connectivity index is 0.000000127. The van der Waals surface area contributed by atoms with Crippen LogP contribution in [0.4, 0.5) is 14.5 Å². The second-order valence-electron chi connectivity index (χ2n) is 32.7. The van der Waals surface area contributed by atoms with Crippen molar-refractivity contribution in [3.63, 3.8) is 0 Å². The van der Waals surface area contributed by atoms with Crippen molar-refractivity contribution in [1.29, 1.82) is 0 Å². The number of aryl methyl sites for hydroxylation is 3. The molecule has 0 bridgehead atoms. The summed E-state index contributed by atoms with van der Waals surface area (Å²) in [5, 5.41) is 32.1. The van der Waals surface area contributed by atoms with E-state index in [9.17, 15) is 61.3 Å². The molecule has 25 heteroatoms. The van der Waals surface area contributed by atoms with E-state index in [4.69, 9.17) is 0 Å². The molecule has 0 fully saturated rings. The maximum Gasteiger partial charge on any atom is 0.266 e. The number of sulfonamides is 1. The van der Waals surface area contributed by atoms with Gasteiger partial charge >= 0.3 is 0 Å². The molecule has 5 heterocycles. The molecule has 20 rings (SSSR count). The smallest absolute Gasteiger partial charge is 0.266 e. The van der Waals surface area contributed by atoms with Crippen molar-refractivity contribution in [1.82, 2.24) is 47.8 Å². The lowest BCUT2D eigenvalue weighted by atomic mass is 10.1. The van der Waals surface area contributed by atoms with Crippen LogP contribution in [-0.4, -0.2) is 83.5 Å². The van der Waals surface area contributed by atoms with Crippen molar-refractivity contribution < 1.29 is 37.3 Å². The molecule has 0 aliphatic rings. The summed E-state index contributed by atoms with van der Waals surface area (Å²) in [4.78, 5) is 101. The first kappa shape index (κ1) is 95.5. The number of phenolic OH excluding ortho intramolecular Hbond substituents is 3. The molecule has 22 nitrogen and oxygen atoms in total. The maximum absolute atomic E-state index is 13.3. The number of hydrogen-bond acceptors (Lipinski definition) is 16. The Bertz CT molecular complexity index is 8280. The number of para-hydroxylation sites is 5. The number of aromatic nitrogens is 10. The Morgan fingerprint density at radius 3 is 0.759 bits per heavy atom. The Kier molecular flexibility index (Phi) is 29.4. The van der Waals surface area contributed by atoms with E-state index < -0.39 is 10.0 Å². The van der Waals surface area contributed by atoms with Crippen LogP contribution in [0, 0.1) is 32.4 Å². The lowest BCUT2D eigenvalue weighted by molar-refractivity contribution is 0.101. The minimum absolute atomic E-state index is 0.0861. The number of aromatic hydroxyl groups is 3. The summed E-state index contributed by atoms with van der Waals surface area (Å²) in [6.45, 7) is 7.60. The van der Waals surface area contributed by atoms with E-state index in [1.807, 2.05) is 191 Å². The van der Waals surface area contributed by atoms with E-state index in [1.165, 1.54) is 70.7 Å². The molecule has 20 aromatic rings. The molecule has 0 spiro atoms. The number of halogens is 2. The molecule has 694 valence electrons. The standard InChI is InChI=1S/C24H17FN2O2.C23H18FN3O3S.3C23H18N2O2/c1-16(28)18-5-4-6-20(15-18)27-23(14-11-17-9-12-19(25)13-10-17)26-22-8-3-2-7-21(22)24(27)29;1-31(29,30)26-18-5-4-6-19(15-18)27-22(14-11-16-9-12-17(24)13-10-16)25-21-8-3-2-7-20(21)23(27)28;3*1-16-9-11-17(12-10-16)13-14-22-24-21-8-3-2-7-20(21)23(27)25(22)18-5-4-6-19(26)15-18/h2-15H,1H3;2-15,26H,1H3;3*2-15,26H,1H3/b2*14-11+;3*14-13+. The zero-order valence-electron chi connectivity index (χ0n) is 76.7. The van der Waals surface area contributed by atoms with E-state index in [1.54, 1.807) is 231 Å². The van der Waals surface area contributed by atoms with Gasteiger partial charge in [0.1, 0.15) is 58.0 Å². The monoisotopic (exact) mass is 1880 g/mol. The number of anilines is 1. The van der Waals surface area contributed by atoms with E-state index in [-0.39, 0.29) is 62.5 Å². The van der Waals surface area contributed by atoms with Gasteiger partial charge < -0.3 is 15.3 Å². The van der Waals surface area contributed by atoms with Crippen molar-refractivity contribution in [3.8, 4) is 45.7 Å². The molecule has 0 saturated heterocycles. The molecule has 141 heavy (non-hydrogen) atoms. The molecule has 0 unspecified atom stereocenters. The SMILES string of the molecule is CC(=O)c1cccc(-n2c(/C=C/c3ccc(F)cc3)nc3ccccc3c2=O)c1.CS(=O)(=O)Nc1cccc(-n2c(/C=C/c3ccc(F)cc3)nc3ccccc3c2=O)c1.Cc1ccc(/C=C/c2nc3ccccc3c(=O)n2-c2cccc(O)c2)cc1.Cc1ccc(/C=C/c2nc3ccccc3c(=O)n2-c2cccc(O)c2)cc1.Cc1ccc(/C=C/c2nc3ccccc3c(=O)n2-c2cccc(O)c2)cc1. The number of phenols is 3. The molecular formula is C116H89F2N11O11S. The summed E-state index contributed by atoms with van der Waals surface area (Å²) < 4.78 is 59.4. The van der Waals surface area contributed by atoms with Crippen LogP contribution in [0.2, 0.25) is 0 Å². The molecule has 0 atom stereocenters. The van der Waals surface area contributed by atoms with Gasteiger partial charge in [0.15, 0.2) is 5.78 Å². The number of ketones is 1. The molecule has 0 aliphatic carbocycles. The third-order valence-corrected chi connectivity index (χ3v) is 22.9. The number of nitrogens with one attached hydrogen (secondary N) is 1. The van der Waals surface area contributed by atoms with Crippen molar-refractivity contribution in [3.05, 3.63) is 507 Å². The van der Waals surface area contributed by atoms with Gasteiger partial charge in [-0.15, -0.1) is 0 Å². The van der Waals surface area contributed by atoms with Gasteiger partial charge in [-0.25, -0.2) is 42.1 Å². The molecule has 0 aliphatic heterocycles. The number of carbonyl (C=O) groups excluding carboxylic acids is 1. The van der Waals surface area contributed by atoms with Crippen LogP contribution in [0.15, 0.2) is 388 Å². The minimum atomic E-state index is -3.48. The zero-order chi connectivity index (χ0) is 98.8. The minimum Gasteiger partial charge on any atom is -0.508 e. The molecule has 0 radical (unpaired) electrons. The van der Waals surface area contributed by atoms with E-state index in [0.29, 0.717) is 123 Å². The van der Waals surface area contributed by atoms with Crippen LogP contribution in [0.5, 0.6) is 17.2 Å². The Morgan fingerprint density at radius 1 is 0.284 bits per heavy atom. The van der Waals surface area contributed by atoms with Gasteiger partial charge in [-0.2, -0.15) is 0 Å². The van der Waals surface area contributed by atoms with Crippen molar-refractivity contribution in [2.45, 2.75) is 27.7 Å². The van der Waals surface area contributed by atoms with Gasteiger partial charge in [-0.05, 0) is 238 Å². The molecular weight excluding hydrogens is 1790 g/mol. The fourth-order valence-electron chi connectivity index (χ4n) is 15.3. The normalized spacial score (nSPS) is 11.4. The summed E-state index contributed by atoms with van der Waals surface area (Å²) in [6.07, 6.45) is 19.2. The molecule has 5 aromatic heterocycles. The third-order valence-electron chi connectivity index (χ3n) is 22.3. The van der Waals surface area contributed by atoms with Gasteiger partial charge in [0, 0.05) is 23.8 Å². The Morgan fingerprint density at radius 2 is 0.511 bits per heavy atom. The van der Waals surface area contributed by atoms with Crippen LogP contribution < -0.4 is 32.5 Å². The quantitative estimate of drug-likeness (QED) is 0.0580. The van der Waals surface area contributed by atoms with E-state index in [2.05, 4.69) is 29.6 Å². The Labute approximate surface area is 807 Å². The van der Waals surface area contributed by atoms with Crippen LogP contribution in [-0.2, 0) is 10.0 Å². The molecule has 0 amide bonds. The number of rotatable bonds is 18. The van der Waals surface area contributed by atoms with Gasteiger partial charge in [-0.1, -0.05) is 241 Å².